The summed E-state index contributed by atoms with van der Waals surface area (Å²) in [6.07, 6.45) is 1.47. The predicted molar refractivity (Wildman–Crippen MR) is 55.6 cm³/mol. The third-order valence-electron chi connectivity index (χ3n) is 2.15. The van der Waals surface area contributed by atoms with Crippen molar-refractivity contribution in [1.82, 2.24) is 15.0 Å². The molecule has 0 saturated heterocycles. The fourth-order valence-corrected chi connectivity index (χ4v) is 1.30. The summed E-state index contributed by atoms with van der Waals surface area (Å²) in [7, 11) is 1.69. The van der Waals surface area contributed by atoms with Gasteiger partial charge in [-0.3, -0.25) is 4.79 Å². The molecule has 2 rings (SSSR count). The molecule has 1 aromatic carbocycles. The minimum Gasteiger partial charge on any atom is -0.287 e. The van der Waals surface area contributed by atoms with Crippen molar-refractivity contribution in [3.63, 3.8) is 0 Å². The lowest BCUT2D eigenvalue weighted by Gasteiger charge is -1.97. The molecule has 4 heteroatoms. The van der Waals surface area contributed by atoms with Gasteiger partial charge in [0.25, 0.3) is 0 Å². The number of rotatable bonds is 2. The summed E-state index contributed by atoms with van der Waals surface area (Å²) in [6, 6.07) is 7.41. The molecular formula is C11H11N3O. The number of nitrogens with zero attached hydrogens (tertiary/aromatic N) is 3. The molecule has 0 N–H and O–H groups in total. The Bertz CT molecular complexity index is 485. The topological polar surface area (TPSA) is 47.8 Å². The van der Waals surface area contributed by atoms with Gasteiger partial charge in [0.2, 0.25) is 5.78 Å². The number of carbonyl (C=O) groups is 1. The van der Waals surface area contributed by atoms with Crippen LogP contribution < -0.4 is 0 Å². The standard InChI is InChI=1S/C11H11N3O/c1-8-3-5-9(6-4-8)11(15)10-7-12-14(2)13-10/h3-7H,1-2H3. The Labute approximate surface area is 87.5 Å². The van der Waals surface area contributed by atoms with E-state index in [1.807, 2.05) is 19.1 Å². The molecule has 0 fully saturated rings. The summed E-state index contributed by atoms with van der Waals surface area (Å²) in [6.45, 7) is 1.98. The maximum Gasteiger partial charge on any atom is 0.214 e. The quantitative estimate of drug-likeness (QED) is 0.689. The Kier molecular flexibility index (Phi) is 2.33. The number of ketones is 1. The molecule has 0 aliphatic rings. The molecule has 76 valence electrons. The minimum absolute atomic E-state index is 0.0944. The van der Waals surface area contributed by atoms with Crippen molar-refractivity contribution in [2.45, 2.75) is 6.92 Å². The number of hydrogen-bond donors (Lipinski definition) is 0. The Morgan fingerprint density at radius 2 is 1.93 bits per heavy atom. The van der Waals surface area contributed by atoms with Gasteiger partial charge in [-0.15, -0.1) is 0 Å². The molecule has 0 spiro atoms. The van der Waals surface area contributed by atoms with Gasteiger partial charge in [-0.2, -0.15) is 15.0 Å². The monoisotopic (exact) mass is 201 g/mol. The number of aryl methyl sites for hydroxylation is 2. The van der Waals surface area contributed by atoms with Crippen LogP contribution in [0.4, 0.5) is 0 Å². The smallest absolute Gasteiger partial charge is 0.214 e. The van der Waals surface area contributed by atoms with E-state index in [2.05, 4.69) is 10.2 Å². The van der Waals surface area contributed by atoms with E-state index in [1.165, 1.54) is 11.0 Å². The van der Waals surface area contributed by atoms with Crippen LogP contribution in [0, 0.1) is 6.92 Å². The van der Waals surface area contributed by atoms with Crippen LogP contribution in [0.3, 0.4) is 0 Å². The molecule has 0 amide bonds. The van der Waals surface area contributed by atoms with Gasteiger partial charge in [-0.1, -0.05) is 29.8 Å². The molecule has 0 bridgehead atoms. The number of carbonyl (C=O) groups excluding carboxylic acids is 1. The van der Waals surface area contributed by atoms with Crippen molar-refractivity contribution in [2.75, 3.05) is 0 Å². The van der Waals surface area contributed by atoms with Crippen molar-refractivity contribution < 1.29 is 4.79 Å². The summed E-state index contributed by atoms with van der Waals surface area (Å²) in [5.41, 5.74) is 2.15. The second kappa shape index (κ2) is 3.65. The summed E-state index contributed by atoms with van der Waals surface area (Å²) in [4.78, 5) is 13.2. The Hall–Kier alpha value is -1.97. The zero-order valence-electron chi connectivity index (χ0n) is 8.64. The Balaban J connectivity index is 2.32. The molecule has 2 aromatic rings. The van der Waals surface area contributed by atoms with E-state index in [4.69, 9.17) is 0 Å². The maximum absolute atomic E-state index is 11.9. The molecule has 0 atom stereocenters. The molecule has 0 aliphatic heterocycles. The highest BCUT2D eigenvalue weighted by Crippen LogP contribution is 2.08. The van der Waals surface area contributed by atoms with E-state index in [-0.39, 0.29) is 5.78 Å². The van der Waals surface area contributed by atoms with Gasteiger partial charge >= 0.3 is 0 Å². The average molecular weight is 201 g/mol. The normalized spacial score (nSPS) is 10.3. The first-order chi connectivity index (χ1) is 7.16. The molecule has 0 radical (unpaired) electrons. The largest absolute Gasteiger partial charge is 0.287 e. The molecular weight excluding hydrogens is 190 g/mol. The summed E-state index contributed by atoms with van der Waals surface area (Å²) < 4.78 is 0. The minimum atomic E-state index is -0.0944. The lowest BCUT2D eigenvalue weighted by molar-refractivity contribution is 0.103. The molecule has 4 nitrogen and oxygen atoms in total. The van der Waals surface area contributed by atoms with Gasteiger partial charge in [-0.05, 0) is 6.92 Å². The van der Waals surface area contributed by atoms with E-state index in [0.29, 0.717) is 11.3 Å². The Morgan fingerprint density at radius 3 is 2.47 bits per heavy atom. The second-order valence-electron chi connectivity index (χ2n) is 3.41. The number of benzene rings is 1. The van der Waals surface area contributed by atoms with Crippen molar-refractivity contribution in [3.05, 3.63) is 47.3 Å². The van der Waals surface area contributed by atoms with E-state index in [1.54, 1.807) is 19.2 Å². The molecule has 1 aromatic heterocycles. The van der Waals surface area contributed by atoms with Crippen LogP contribution in [0.15, 0.2) is 30.5 Å². The third-order valence-corrected chi connectivity index (χ3v) is 2.15. The first-order valence-corrected chi connectivity index (χ1v) is 4.64. The van der Waals surface area contributed by atoms with Crippen LogP contribution >= 0.6 is 0 Å². The van der Waals surface area contributed by atoms with Gasteiger partial charge in [0.05, 0.1) is 6.20 Å². The van der Waals surface area contributed by atoms with E-state index in [0.717, 1.165) is 5.56 Å². The van der Waals surface area contributed by atoms with Crippen LogP contribution in [0.5, 0.6) is 0 Å². The summed E-state index contributed by atoms with van der Waals surface area (Å²) >= 11 is 0. The Morgan fingerprint density at radius 1 is 1.27 bits per heavy atom. The molecule has 0 unspecified atom stereocenters. The molecule has 1 heterocycles. The summed E-state index contributed by atoms with van der Waals surface area (Å²) in [5.74, 6) is -0.0944. The third kappa shape index (κ3) is 1.93. The van der Waals surface area contributed by atoms with Crippen LogP contribution in [-0.4, -0.2) is 20.8 Å². The SMILES string of the molecule is Cc1ccc(C(=O)c2cnn(C)n2)cc1. The van der Waals surface area contributed by atoms with Crippen molar-refractivity contribution in [2.24, 2.45) is 7.05 Å². The predicted octanol–water partition coefficient (Wildman–Crippen LogP) is 1.35. The van der Waals surface area contributed by atoms with E-state index < -0.39 is 0 Å². The van der Waals surface area contributed by atoms with E-state index in [9.17, 15) is 4.79 Å². The highest BCUT2D eigenvalue weighted by molar-refractivity contribution is 6.07. The molecule has 0 saturated carbocycles. The number of hydrogen-bond acceptors (Lipinski definition) is 3. The highest BCUT2D eigenvalue weighted by Gasteiger charge is 2.11. The second-order valence-corrected chi connectivity index (χ2v) is 3.41. The van der Waals surface area contributed by atoms with Crippen molar-refractivity contribution >= 4 is 5.78 Å². The zero-order chi connectivity index (χ0) is 10.8. The first-order valence-electron chi connectivity index (χ1n) is 4.64. The van der Waals surface area contributed by atoms with E-state index >= 15 is 0 Å². The van der Waals surface area contributed by atoms with Crippen molar-refractivity contribution in [3.8, 4) is 0 Å². The summed E-state index contributed by atoms with van der Waals surface area (Å²) in [5, 5.41) is 7.83. The fraction of sp³-hybridized carbons (Fsp3) is 0.182. The van der Waals surface area contributed by atoms with Crippen LogP contribution in [0.25, 0.3) is 0 Å². The van der Waals surface area contributed by atoms with Crippen LogP contribution in [-0.2, 0) is 7.05 Å². The number of aromatic nitrogens is 3. The van der Waals surface area contributed by atoms with Gasteiger partial charge in [0.15, 0.2) is 5.69 Å². The highest BCUT2D eigenvalue weighted by atomic mass is 16.1. The van der Waals surface area contributed by atoms with Crippen LogP contribution in [0.2, 0.25) is 0 Å². The molecule has 15 heavy (non-hydrogen) atoms. The maximum atomic E-state index is 11.9. The van der Waals surface area contributed by atoms with Gasteiger partial charge in [0.1, 0.15) is 0 Å². The van der Waals surface area contributed by atoms with Crippen molar-refractivity contribution in [1.29, 1.82) is 0 Å². The molecule has 0 aliphatic carbocycles. The lowest BCUT2D eigenvalue weighted by atomic mass is 10.1. The van der Waals surface area contributed by atoms with Crippen LogP contribution in [0.1, 0.15) is 21.6 Å². The zero-order valence-corrected chi connectivity index (χ0v) is 8.64. The average Bonchev–Trinajstić information content (AvgIpc) is 2.65. The van der Waals surface area contributed by atoms with Gasteiger partial charge < -0.3 is 0 Å². The van der Waals surface area contributed by atoms with Gasteiger partial charge in [0, 0.05) is 12.6 Å². The lowest BCUT2D eigenvalue weighted by Crippen LogP contribution is -2.03. The van der Waals surface area contributed by atoms with Gasteiger partial charge in [-0.25, -0.2) is 0 Å². The fourth-order valence-electron chi connectivity index (χ4n) is 1.30. The first kappa shape index (κ1) is 9.58.